The van der Waals surface area contributed by atoms with Crippen molar-refractivity contribution in [2.75, 3.05) is 24.4 Å². The Morgan fingerprint density at radius 1 is 1.03 bits per heavy atom. The summed E-state index contributed by atoms with van der Waals surface area (Å²) in [5.74, 6) is 1.50. The highest BCUT2D eigenvalue weighted by atomic mass is 35.5. The molecule has 2 N–H and O–H groups in total. The third-order valence-electron chi connectivity index (χ3n) is 6.00. The van der Waals surface area contributed by atoms with E-state index < -0.39 is 0 Å². The molecule has 1 saturated carbocycles. The van der Waals surface area contributed by atoms with E-state index in [0.29, 0.717) is 46.8 Å². The number of nitrogens with one attached hydrogen (secondary N) is 2. The number of carbonyl (C=O) groups excluding carboxylic acids is 1. The lowest BCUT2D eigenvalue weighted by molar-refractivity contribution is -0.137. The van der Waals surface area contributed by atoms with Gasteiger partial charge in [0, 0.05) is 17.8 Å². The molecule has 1 heterocycles. The first-order chi connectivity index (χ1) is 18.5. The Kier molecular flexibility index (Phi) is 9.75. The van der Waals surface area contributed by atoms with Gasteiger partial charge in [-0.3, -0.25) is 0 Å². The summed E-state index contributed by atoms with van der Waals surface area (Å²) in [6.45, 7) is 2.10. The van der Waals surface area contributed by atoms with Crippen molar-refractivity contribution in [2.45, 2.75) is 51.5 Å². The normalized spacial score (nSPS) is 14.1. The van der Waals surface area contributed by atoms with Crippen LogP contribution >= 0.6 is 11.6 Å². The quantitative estimate of drug-likeness (QED) is 0.164. The second kappa shape index (κ2) is 13.6. The molecule has 1 aromatic heterocycles. The molecule has 0 aliphatic heterocycles. The Morgan fingerprint density at radius 2 is 1.76 bits per heavy atom. The smallest absolute Gasteiger partial charge is 0.330 e. The maximum atomic E-state index is 11.6. The average molecular weight is 538 g/mol. The second-order valence-electron chi connectivity index (χ2n) is 8.83. The molecule has 0 amide bonds. The zero-order valence-electron chi connectivity index (χ0n) is 21.6. The monoisotopic (exact) mass is 537 g/mol. The molecule has 9 nitrogen and oxygen atoms in total. The van der Waals surface area contributed by atoms with Crippen LogP contribution in [0.15, 0.2) is 48.5 Å². The van der Waals surface area contributed by atoms with Crippen molar-refractivity contribution in [1.82, 2.24) is 15.0 Å². The van der Waals surface area contributed by atoms with Crippen LogP contribution in [-0.4, -0.2) is 40.7 Å². The first-order valence-electron chi connectivity index (χ1n) is 12.8. The molecule has 1 fully saturated rings. The standard InChI is InChI=1S/C28H32ClN5O4/c1-3-37-25(35)17-12-19-10-14-22(15-11-19)38-28-33-26(30-20-8-6-4-5-7-9-20)32-27(34-28)31-21-13-16-24(36-2)23(29)18-21/h10-18,20H,3-9H2,1-2H3,(H2,30,31,32,33,34)/b17-12+. The molecule has 0 atom stereocenters. The number of benzene rings is 2. The molecule has 3 aromatic rings. The third-order valence-corrected chi connectivity index (χ3v) is 6.29. The lowest BCUT2D eigenvalue weighted by atomic mass is 10.1. The summed E-state index contributed by atoms with van der Waals surface area (Å²) < 4.78 is 16.1. The van der Waals surface area contributed by atoms with Crippen molar-refractivity contribution in [2.24, 2.45) is 0 Å². The number of hydrogen-bond donors (Lipinski definition) is 2. The first-order valence-corrected chi connectivity index (χ1v) is 13.2. The summed E-state index contributed by atoms with van der Waals surface area (Å²) in [4.78, 5) is 25.1. The molecular weight excluding hydrogens is 506 g/mol. The molecule has 4 rings (SSSR count). The van der Waals surface area contributed by atoms with Crippen molar-refractivity contribution >= 4 is 41.2 Å². The van der Waals surface area contributed by atoms with E-state index in [9.17, 15) is 4.79 Å². The van der Waals surface area contributed by atoms with Crippen LogP contribution in [0.3, 0.4) is 0 Å². The van der Waals surface area contributed by atoms with Gasteiger partial charge in [-0.15, -0.1) is 0 Å². The second-order valence-corrected chi connectivity index (χ2v) is 9.24. The minimum atomic E-state index is -0.384. The Morgan fingerprint density at radius 3 is 2.45 bits per heavy atom. The zero-order valence-corrected chi connectivity index (χ0v) is 22.3. The largest absolute Gasteiger partial charge is 0.495 e. The van der Waals surface area contributed by atoms with Crippen LogP contribution in [0.5, 0.6) is 17.5 Å². The highest BCUT2D eigenvalue weighted by Gasteiger charge is 2.16. The van der Waals surface area contributed by atoms with Crippen LogP contribution in [0.25, 0.3) is 6.08 Å². The highest BCUT2D eigenvalue weighted by Crippen LogP contribution is 2.29. The van der Waals surface area contributed by atoms with Crippen LogP contribution in [0, 0.1) is 0 Å². The number of aromatic nitrogens is 3. The van der Waals surface area contributed by atoms with Gasteiger partial charge in [0.25, 0.3) is 0 Å². The van der Waals surface area contributed by atoms with Gasteiger partial charge in [-0.05, 0) is 61.7 Å². The fraction of sp³-hybridized carbons (Fsp3) is 0.357. The highest BCUT2D eigenvalue weighted by molar-refractivity contribution is 6.32. The number of ether oxygens (including phenoxy) is 3. The number of nitrogens with zero attached hydrogens (tertiary/aromatic N) is 3. The Hall–Kier alpha value is -3.85. The van der Waals surface area contributed by atoms with Crippen molar-refractivity contribution in [1.29, 1.82) is 0 Å². The number of methoxy groups -OCH3 is 1. The number of esters is 1. The van der Waals surface area contributed by atoms with Crippen LogP contribution in [0.1, 0.15) is 51.0 Å². The van der Waals surface area contributed by atoms with Crippen molar-refractivity contribution in [3.63, 3.8) is 0 Å². The molecule has 200 valence electrons. The number of carbonyl (C=O) groups is 1. The molecule has 2 aromatic carbocycles. The summed E-state index contributed by atoms with van der Waals surface area (Å²) in [6.07, 6.45) is 10.1. The molecule has 0 spiro atoms. The van der Waals surface area contributed by atoms with Gasteiger partial charge in [0.15, 0.2) is 0 Å². The van der Waals surface area contributed by atoms with Gasteiger partial charge in [-0.25, -0.2) is 4.79 Å². The van der Waals surface area contributed by atoms with Crippen LogP contribution in [0.2, 0.25) is 5.02 Å². The lowest BCUT2D eigenvalue weighted by Crippen LogP contribution is -2.20. The number of hydrogen-bond acceptors (Lipinski definition) is 9. The topological polar surface area (TPSA) is 107 Å². The SMILES string of the molecule is CCOC(=O)/C=C/c1ccc(Oc2nc(Nc3ccc(OC)c(Cl)c3)nc(NC3CCCCCC3)n2)cc1. The summed E-state index contributed by atoms with van der Waals surface area (Å²) >= 11 is 6.29. The van der Waals surface area contributed by atoms with Crippen molar-refractivity contribution in [3.8, 4) is 17.5 Å². The van der Waals surface area contributed by atoms with Gasteiger partial charge >= 0.3 is 12.0 Å². The van der Waals surface area contributed by atoms with E-state index in [1.165, 1.54) is 31.8 Å². The first kappa shape index (κ1) is 27.2. The van der Waals surface area contributed by atoms with Gasteiger partial charge in [0.2, 0.25) is 11.9 Å². The Bertz CT molecular complexity index is 1240. The molecule has 0 bridgehead atoms. The van der Waals surface area contributed by atoms with Crippen LogP contribution < -0.4 is 20.1 Å². The summed E-state index contributed by atoms with van der Waals surface area (Å²) in [5, 5.41) is 7.12. The van der Waals surface area contributed by atoms with Gasteiger partial charge in [-0.2, -0.15) is 15.0 Å². The average Bonchev–Trinajstić information content (AvgIpc) is 3.17. The van der Waals surface area contributed by atoms with Crippen LogP contribution in [-0.2, 0) is 9.53 Å². The molecule has 0 unspecified atom stereocenters. The van der Waals surface area contributed by atoms with Crippen LogP contribution in [0.4, 0.5) is 17.6 Å². The van der Waals surface area contributed by atoms with E-state index in [0.717, 1.165) is 18.4 Å². The minimum absolute atomic E-state index is 0.146. The predicted octanol–water partition coefficient (Wildman–Crippen LogP) is 6.78. The Labute approximate surface area is 227 Å². The van der Waals surface area contributed by atoms with E-state index in [4.69, 9.17) is 25.8 Å². The van der Waals surface area contributed by atoms with E-state index >= 15 is 0 Å². The molecule has 0 saturated heterocycles. The fourth-order valence-corrected chi connectivity index (χ4v) is 4.37. The number of halogens is 1. The molecule has 0 radical (unpaired) electrons. The van der Waals surface area contributed by atoms with Crippen molar-refractivity contribution in [3.05, 3.63) is 59.1 Å². The predicted molar refractivity (Wildman–Crippen MR) is 148 cm³/mol. The van der Waals surface area contributed by atoms with E-state index in [-0.39, 0.29) is 12.0 Å². The molecule has 1 aliphatic carbocycles. The number of rotatable bonds is 10. The molecular formula is C28H32ClN5O4. The minimum Gasteiger partial charge on any atom is -0.495 e. The maximum Gasteiger partial charge on any atom is 0.330 e. The summed E-state index contributed by atoms with van der Waals surface area (Å²) in [6, 6.07) is 13.0. The summed E-state index contributed by atoms with van der Waals surface area (Å²) in [5.41, 5.74) is 1.53. The van der Waals surface area contributed by atoms with Gasteiger partial charge in [0.05, 0.1) is 18.7 Å². The van der Waals surface area contributed by atoms with E-state index in [2.05, 4.69) is 25.6 Å². The number of anilines is 3. The lowest BCUT2D eigenvalue weighted by Gasteiger charge is -2.17. The van der Waals surface area contributed by atoms with Gasteiger partial charge in [0.1, 0.15) is 11.5 Å². The Balaban J connectivity index is 1.54. The molecule has 10 heteroatoms. The van der Waals surface area contributed by atoms with E-state index in [1.807, 2.05) is 18.2 Å². The zero-order chi connectivity index (χ0) is 26.7. The summed E-state index contributed by atoms with van der Waals surface area (Å²) in [7, 11) is 1.57. The van der Waals surface area contributed by atoms with E-state index in [1.54, 1.807) is 44.4 Å². The molecule has 1 aliphatic rings. The van der Waals surface area contributed by atoms with Gasteiger partial charge in [-0.1, -0.05) is 49.4 Å². The fourth-order valence-electron chi connectivity index (χ4n) is 4.11. The van der Waals surface area contributed by atoms with Gasteiger partial charge < -0.3 is 24.8 Å². The maximum absolute atomic E-state index is 11.6. The third kappa shape index (κ3) is 8.08. The van der Waals surface area contributed by atoms with Crippen molar-refractivity contribution < 1.29 is 19.0 Å². The molecule has 38 heavy (non-hydrogen) atoms.